The van der Waals surface area contributed by atoms with Crippen LogP contribution in [0, 0.1) is 5.92 Å². The van der Waals surface area contributed by atoms with Crippen LogP contribution in [-0.4, -0.2) is 247 Å². The lowest BCUT2D eigenvalue weighted by Crippen LogP contribution is -2.44. The van der Waals surface area contributed by atoms with Gasteiger partial charge in [-0.3, -0.25) is 47.9 Å². The number of likely N-dealkylation sites (N-methyl/N-ethyl adjacent to an activating group) is 2. The van der Waals surface area contributed by atoms with Gasteiger partial charge in [0.1, 0.15) is 53.9 Å². The highest BCUT2D eigenvalue weighted by Crippen LogP contribution is 2.33. The maximum atomic E-state index is 10.7. The molecule has 0 amide bonds. The Labute approximate surface area is 645 Å². The highest BCUT2D eigenvalue weighted by molar-refractivity contribution is 5.79. The number of nitrogens with one attached hydrogen (secondary N) is 8. The second-order valence-electron chi connectivity index (χ2n) is 26.1. The molecule has 7 aliphatic rings. The molecule has 6 aliphatic heterocycles. The lowest BCUT2D eigenvalue weighted by molar-refractivity contribution is -0.144. The van der Waals surface area contributed by atoms with Gasteiger partial charge in [-0.15, -0.1) is 0 Å². The molecule has 9 rings (SSSR count). The first-order chi connectivity index (χ1) is 51.7. The second-order valence-corrected chi connectivity index (χ2v) is 26.1. The van der Waals surface area contributed by atoms with Gasteiger partial charge in [0.2, 0.25) is 0 Å². The number of unbranched alkanes of at least 4 members (excludes halogenated alkanes) is 3. The van der Waals surface area contributed by atoms with Gasteiger partial charge in [0, 0.05) is 51.1 Å². The summed E-state index contributed by atoms with van der Waals surface area (Å²) in [5.41, 5.74) is 17.5. The number of carboxylic acid groups (broad SMARTS) is 10. The molecule has 630 valence electrons. The average Bonchev–Trinajstić information content (AvgIpc) is 1.77. The quantitative estimate of drug-likeness (QED) is 0.0592. The number of hydrogen-bond donors (Lipinski definition) is 22. The number of aliphatic carboxylic acids is 10. The number of β-amino-alcohol motifs (C(OH)–C–C–N with tert-alkyl or cyclic N) is 1. The van der Waals surface area contributed by atoms with Crippen LogP contribution in [0.5, 0.6) is 0 Å². The largest absolute Gasteiger partial charge is 0.480 e. The van der Waals surface area contributed by atoms with Gasteiger partial charge >= 0.3 is 59.7 Å². The molecule has 33 heteroatoms. The van der Waals surface area contributed by atoms with Crippen LogP contribution < -0.4 is 59.7 Å². The van der Waals surface area contributed by atoms with Crippen molar-refractivity contribution in [1.29, 1.82) is 0 Å². The van der Waals surface area contributed by atoms with Gasteiger partial charge in [-0.05, 0) is 115 Å². The highest BCUT2D eigenvalue weighted by atomic mass is 16.5. The molecule has 15 atom stereocenters. The minimum absolute atomic E-state index is 0.00121. The van der Waals surface area contributed by atoms with Crippen molar-refractivity contribution in [2.45, 2.75) is 288 Å². The Bertz CT molecular complexity index is 2680. The average molecular weight is 1560 g/mol. The van der Waals surface area contributed by atoms with E-state index in [4.69, 9.17) is 78.1 Å². The maximum absolute atomic E-state index is 10.7. The van der Waals surface area contributed by atoms with Crippen LogP contribution in [0.25, 0.3) is 0 Å². The number of fused-ring (bicyclic) bond motifs is 1. The van der Waals surface area contributed by atoms with Crippen LogP contribution in [0.15, 0.2) is 60.7 Å². The Balaban J connectivity index is -0.000000563. The first kappa shape index (κ1) is 108. The second kappa shape index (κ2) is 66.4. The van der Waals surface area contributed by atoms with Crippen molar-refractivity contribution in [3.63, 3.8) is 0 Å². The number of hydrogen-bond acceptors (Lipinski definition) is 23. The summed E-state index contributed by atoms with van der Waals surface area (Å²) in [6.45, 7) is 23.6. The molecule has 6 heterocycles. The van der Waals surface area contributed by atoms with E-state index in [2.05, 4.69) is 61.6 Å². The minimum atomic E-state index is -0.900. The molecule has 1 saturated carbocycles. The van der Waals surface area contributed by atoms with Crippen molar-refractivity contribution < 1.29 is 109 Å². The molecule has 33 nitrogen and oxygen atoms in total. The van der Waals surface area contributed by atoms with E-state index in [1.807, 2.05) is 104 Å². The summed E-state index contributed by atoms with van der Waals surface area (Å²) in [5.74, 6) is -7.04. The number of carboxylic acids is 10. The van der Waals surface area contributed by atoms with E-state index in [-0.39, 0.29) is 36.8 Å². The third-order valence-corrected chi connectivity index (χ3v) is 17.5. The molecule has 0 unspecified atom stereocenters. The zero-order chi connectivity index (χ0) is 84.0. The first-order valence-electron chi connectivity index (χ1n) is 38.4. The summed E-state index contributed by atoms with van der Waals surface area (Å²) < 4.78 is 5.64. The number of ether oxygens (including phenoxy) is 1. The third kappa shape index (κ3) is 52.4. The monoisotopic (exact) mass is 1560 g/mol. The van der Waals surface area contributed by atoms with Crippen LogP contribution in [-0.2, 0) is 59.3 Å². The fraction of sp³-hybridized carbons (Fsp3) is 0.711. The van der Waals surface area contributed by atoms with Crippen LogP contribution >= 0.6 is 0 Å². The van der Waals surface area contributed by atoms with Crippen LogP contribution in [0.4, 0.5) is 0 Å². The number of rotatable bonds is 25. The summed E-state index contributed by atoms with van der Waals surface area (Å²) in [6.07, 6.45) is 16.9. The molecule has 2 aromatic rings. The number of carbonyl (C=O) groups is 10. The van der Waals surface area contributed by atoms with Crippen LogP contribution in [0.1, 0.15) is 215 Å². The molecule has 7 fully saturated rings. The predicted molar refractivity (Wildman–Crippen MR) is 418 cm³/mol. The third-order valence-electron chi connectivity index (χ3n) is 17.5. The van der Waals surface area contributed by atoms with Gasteiger partial charge in [0.15, 0.2) is 0 Å². The molecular weight excluding hydrogens is 1420 g/mol. The van der Waals surface area contributed by atoms with Gasteiger partial charge in [-0.25, -0.2) is 0 Å². The first-order valence-corrected chi connectivity index (χ1v) is 38.4. The SMILES string of the molecule is CC.CC.CC.CCCC[C@@H](N)C(=O)O.CCCC[C@H](N)C(=O)O.CCCC[C@H](NC)C(=O)O.CNCC(=O)O.C[C@@]1(C(=O)O)CCCN1.N[C@H]1CN[C@H](C(=O)O)C1.O=C(O)[C@@H]1C[C@@H](O)CN1.O=C(O)[C@@H]1C[C@@H](OCc2ccccc2)CN1.O=C(O)[C@@H]1C[C@@H](c2ccccc2)CN1.O=C(O)[C@@H]1C[C@H]2CCCC[C@H]2N1. The zero-order valence-electron chi connectivity index (χ0n) is 66.6. The van der Waals surface area contributed by atoms with Crippen molar-refractivity contribution >= 4 is 59.7 Å². The van der Waals surface area contributed by atoms with E-state index < -0.39 is 102 Å². The fourth-order valence-corrected chi connectivity index (χ4v) is 11.2. The number of nitrogens with two attached hydrogens (primary N) is 3. The van der Waals surface area contributed by atoms with Crippen LogP contribution in [0.2, 0.25) is 0 Å². The molecule has 25 N–H and O–H groups in total. The molecule has 0 aromatic heterocycles. The Morgan fingerprint density at radius 2 is 0.991 bits per heavy atom. The van der Waals surface area contributed by atoms with Crippen molar-refractivity contribution in [2.75, 3.05) is 53.4 Å². The molecule has 2 aromatic carbocycles. The molecule has 0 spiro atoms. The standard InChI is InChI=1S/C12H15NO3.C11H13NO2.C9H15NO2.C7H15NO2.C6H11NO2.2C6H13NO2.C5H10N2O2.C5H9NO3.C3H7NO2.3C2H6/c14-12(15)11-6-10(7-13-11)16-8-9-4-2-1-3-5-9;13-11(14)10-6-9(7-12-10)8-4-2-1-3-5-8;11-9(12)8-5-6-3-1-2-4-7(6)10-8;1-3-4-5-6(8-2)7(9)10;1-6(5(8)9)3-2-4-7-6;2*1-2-3-4-5(7)6(8)9;6-3-1-4(5(8)9)7-2-3;7-3-1-4(5(8)9)6-2-3;1-4-2-3(5)6;3*1-2/h1-5,10-11,13H,6-8H2,(H,14,15);1-5,9-10,12H,6-7H2,(H,13,14);6-8,10H,1-5H2,(H,11,12);6,8H,3-5H2,1-2H3,(H,9,10);7H,2-4H2,1H3,(H,8,9);2*5H,2-4,7H2,1H3,(H,8,9);3-4,7H,1-2,6H2,(H,8,9);3-4,6-7H,1-2H2,(H,8,9);4H,2H2,1H3,(H,5,6);3*1-2H3/t10-,11+;9-,10+;6-,7-,8+;2*6-;2*5-;2*3-,4+;;;;/m111001011..../s1. The smallest absolute Gasteiger partial charge is 0.323 e. The number of benzene rings is 2. The molecule has 109 heavy (non-hydrogen) atoms. The van der Waals surface area contributed by atoms with Crippen LogP contribution in [0.3, 0.4) is 0 Å². The Kier molecular flexibility index (Phi) is 65.8. The molecule has 1 aliphatic carbocycles. The Morgan fingerprint density at radius 3 is 1.33 bits per heavy atom. The summed E-state index contributed by atoms with van der Waals surface area (Å²) in [7, 11) is 3.27. The van der Waals surface area contributed by atoms with E-state index in [1.54, 1.807) is 21.0 Å². The normalized spacial score (nSPS) is 24.1. The van der Waals surface area contributed by atoms with Crippen molar-refractivity contribution in [2.24, 2.45) is 23.1 Å². The van der Waals surface area contributed by atoms with Crippen molar-refractivity contribution in [3.05, 3.63) is 71.8 Å². The topological polar surface area (TPSA) is 577 Å². The van der Waals surface area contributed by atoms with E-state index >= 15 is 0 Å². The molecule has 0 radical (unpaired) electrons. The van der Waals surface area contributed by atoms with Crippen molar-refractivity contribution in [3.8, 4) is 0 Å². The van der Waals surface area contributed by atoms with Gasteiger partial charge < -0.3 is 121 Å². The van der Waals surface area contributed by atoms with Gasteiger partial charge in [0.05, 0.1) is 25.4 Å². The minimum Gasteiger partial charge on any atom is -0.480 e. The maximum Gasteiger partial charge on any atom is 0.323 e. The fourth-order valence-electron chi connectivity index (χ4n) is 11.2. The lowest BCUT2D eigenvalue weighted by atomic mass is 9.85. The molecule has 6 saturated heterocycles. The van der Waals surface area contributed by atoms with E-state index in [1.165, 1.54) is 31.2 Å². The van der Waals surface area contributed by atoms with E-state index in [0.717, 1.165) is 82.9 Å². The van der Waals surface area contributed by atoms with Gasteiger partial charge in [-0.2, -0.15) is 0 Å². The summed E-state index contributed by atoms with van der Waals surface area (Å²) >= 11 is 0. The highest BCUT2D eigenvalue weighted by Gasteiger charge is 2.39. The summed E-state index contributed by atoms with van der Waals surface area (Å²) in [5, 5.41) is 116. The van der Waals surface area contributed by atoms with Gasteiger partial charge in [0.25, 0.3) is 0 Å². The van der Waals surface area contributed by atoms with E-state index in [0.29, 0.717) is 82.6 Å². The predicted octanol–water partition coefficient (Wildman–Crippen LogP) is 5.39. The van der Waals surface area contributed by atoms with E-state index in [9.17, 15) is 47.9 Å². The summed E-state index contributed by atoms with van der Waals surface area (Å²) in [4.78, 5) is 103. The molecule has 0 bridgehead atoms. The number of aliphatic hydroxyl groups excluding tert-OH is 1. The Morgan fingerprint density at radius 1 is 0.541 bits per heavy atom. The number of aliphatic hydroxyl groups is 1. The lowest BCUT2D eigenvalue weighted by Gasteiger charge is -2.24. The Hall–Kier alpha value is -7.38. The van der Waals surface area contributed by atoms with Gasteiger partial charge in [-0.1, -0.05) is 174 Å². The zero-order valence-corrected chi connectivity index (χ0v) is 66.6. The molecular formula is C76H139N11O22. The summed E-state index contributed by atoms with van der Waals surface area (Å²) in [6, 6.07) is 16.7. The van der Waals surface area contributed by atoms with Crippen molar-refractivity contribution in [1.82, 2.24) is 42.5 Å².